The first-order valence-electron chi connectivity index (χ1n) is 8.64. The summed E-state index contributed by atoms with van der Waals surface area (Å²) in [5.41, 5.74) is 0.986. The van der Waals surface area contributed by atoms with Crippen molar-refractivity contribution in [3.05, 3.63) is 17.7 Å². The quantitative estimate of drug-likeness (QED) is 0.879. The van der Waals surface area contributed by atoms with E-state index in [1.54, 1.807) is 0 Å². The van der Waals surface area contributed by atoms with Crippen molar-refractivity contribution in [3.8, 4) is 0 Å². The average Bonchev–Trinajstić information content (AvgIpc) is 3.18. The maximum atomic E-state index is 12.8. The lowest BCUT2D eigenvalue weighted by molar-refractivity contribution is -0.131. The molecule has 22 heavy (non-hydrogen) atoms. The van der Waals surface area contributed by atoms with Crippen molar-refractivity contribution >= 4 is 5.91 Å². The van der Waals surface area contributed by atoms with E-state index in [0.29, 0.717) is 13.2 Å². The summed E-state index contributed by atoms with van der Waals surface area (Å²) in [5.74, 6) is 1.22. The summed E-state index contributed by atoms with van der Waals surface area (Å²) >= 11 is 0. The van der Waals surface area contributed by atoms with E-state index in [1.165, 1.54) is 12.8 Å². The van der Waals surface area contributed by atoms with Crippen LogP contribution in [0.15, 0.2) is 6.20 Å². The van der Waals surface area contributed by atoms with Gasteiger partial charge < -0.3 is 14.6 Å². The molecule has 1 aromatic heterocycles. The Morgan fingerprint density at radius 2 is 2.27 bits per heavy atom. The largest absolute Gasteiger partial charge is 0.372 e. The van der Waals surface area contributed by atoms with Gasteiger partial charge in [0.15, 0.2) is 0 Å². The Kier molecular flexibility index (Phi) is 4.81. The number of amides is 1. The zero-order valence-electron chi connectivity index (χ0n) is 13.6. The number of nitrogens with one attached hydrogen (secondary N) is 1. The summed E-state index contributed by atoms with van der Waals surface area (Å²) in [6.45, 7) is 4.92. The summed E-state index contributed by atoms with van der Waals surface area (Å²) in [5, 5.41) is 3.19. The zero-order chi connectivity index (χ0) is 15.4. The number of fused-ring (bicyclic) bond motifs is 1. The van der Waals surface area contributed by atoms with Crippen LogP contribution < -0.4 is 5.32 Å². The van der Waals surface area contributed by atoms with Gasteiger partial charge in [0.1, 0.15) is 12.4 Å². The molecule has 3 rings (SSSR count). The van der Waals surface area contributed by atoms with E-state index in [9.17, 15) is 4.79 Å². The molecule has 0 unspecified atom stereocenters. The molecule has 1 fully saturated rings. The standard InChI is InChI=1S/C17H27N3O2/c1-2-3-6-17(7-4-5-8-17)16(21)19-12-14-11-18-15-13-22-10-9-20(14)15/h11H,2-10,12-13H2,1H3,(H,19,21). The van der Waals surface area contributed by atoms with Gasteiger partial charge in [0, 0.05) is 12.0 Å². The zero-order valence-corrected chi connectivity index (χ0v) is 13.6. The molecule has 2 heterocycles. The maximum Gasteiger partial charge on any atom is 0.226 e. The lowest BCUT2D eigenvalue weighted by atomic mass is 9.80. The normalized spacial score (nSPS) is 19.9. The lowest BCUT2D eigenvalue weighted by Gasteiger charge is -2.28. The summed E-state index contributed by atoms with van der Waals surface area (Å²) in [7, 11) is 0. The number of ether oxygens (including phenoxy) is 1. The highest BCUT2D eigenvalue weighted by Gasteiger charge is 2.40. The van der Waals surface area contributed by atoms with E-state index in [2.05, 4.69) is 21.8 Å². The molecular weight excluding hydrogens is 278 g/mol. The van der Waals surface area contributed by atoms with Crippen LogP contribution in [0.5, 0.6) is 0 Å². The number of rotatable bonds is 6. The van der Waals surface area contributed by atoms with Gasteiger partial charge >= 0.3 is 0 Å². The fraction of sp³-hybridized carbons (Fsp3) is 0.765. The summed E-state index contributed by atoms with van der Waals surface area (Å²) < 4.78 is 7.58. The molecule has 122 valence electrons. The minimum Gasteiger partial charge on any atom is -0.372 e. The van der Waals surface area contributed by atoms with Crippen molar-refractivity contribution in [3.63, 3.8) is 0 Å². The average molecular weight is 305 g/mol. The SMILES string of the molecule is CCCCC1(C(=O)NCc2cnc3n2CCOC3)CCCC1. The van der Waals surface area contributed by atoms with Gasteiger partial charge in [-0.3, -0.25) is 4.79 Å². The third kappa shape index (κ3) is 3.05. The predicted octanol–water partition coefficient (Wildman–Crippen LogP) is 2.78. The highest BCUT2D eigenvalue weighted by Crippen LogP contribution is 2.42. The van der Waals surface area contributed by atoms with Gasteiger partial charge in [-0.25, -0.2) is 4.98 Å². The molecule has 0 radical (unpaired) electrons. The number of hydrogen-bond acceptors (Lipinski definition) is 3. The molecule has 1 amide bonds. The lowest BCUT2D eigenvalue weighted by Crippen LogP contribution is -2.39. The highest BCUT2D eigenvalue weighted by molar-refractivity contribution is 5.82. The van der Waals surface area contributed by atoms with Crippen LogP contribution >= 0.6 is 0 Å². The fourth-order valence-corrected chi connectivity index (χ4v) is 3.82. The number of carbonyl (C=O) groups excluding carboxylic acids is 1. The smallest absolute Gasteiger partial charge is 0.226 e. The van der Waals surface area contributed by atoms with Crippen molar-refractivity contribution in [2.45, 2.75) is 71.6 Å². The van der Waals surface area contributed by atoms with Crippen LogP contribution in [0.4, 0.5) is 0 Å². The molecule has 1 N–H and O–H groups in total. The van der Waals surface area contributed by atoms with Crippen LogP contribution in [-0.2, 0) is 29.2 Å². The Morgan fingerprint density at radius 1 is 1.45 bits per heavy atom. The first kappa shape index (κ1) is 15.5. The second-order valence-electron chi connectivity index (χ2n) is 6.64. The molecule has 1 saturated carbocycles. The van der Waals surface area contributed by atoms with Gasteiger partial charge in [-0.15, -0.1) is 0 Å². The van der Waals surface area contributed by atoms with Crippen molar-refractivity contribution in [1.29, 1.82) is 0 Å². The van der Waals surface area contributed by atoms with Crippen LogP contribution in [0, 0.1) is 5.41 Å². The molecule has 1 aliphatic heterocycles. The number of unbranched alkanes of at least 4 members (excludes halogenated alkanes) is 1. The van der Waals surface area contributed by atoms with Gasteiger partial charge in [0.25, 0.3) is 0 Å². The van der Waals surface area contributed by atoms with E-state index >= 15 is 0 Å². The molecule has 0 aromatic carbocycles. The van der Waals surface area contributed by atoms with Crippen molar-refractivity contribution in [2.75, 3.05) is 6.61 Å². The molecule has 5 heteroatoms. The van der Waals surface area contributed by atoms with Gasteiger partial charge in [0.05, 0.1) is 25.0 Å². The molecule has 1 aromatic rings. The first-order chi connectivity index (χ1) is 10.7. The van der Waals surface area contributed by atoms with Gasteiger partial charge in [-0.05, 0) is 19.3 Å². The van der Waals surface area contributed by atoms with E-state index in [-0.39, 0.29) is 11.3 Å². The minimum absolute atomic E-state index is 0.107. The molecule has 0 spiro atoms. The van der Waals surface area contributed by atoms with Gasteiger partial charge in [-0.1, -0.05) is 32.6 Å². The number of aromatic nitrogens is 2. The van der Waals surface area contributed by atoms with Gasteiger partial charge in [0.2, 0.25) is 5.91 Å². The molecule has 0 bridgehead atoms. The fourth-order valence-electron chi connectivity index (χ4n) is 3.82. The molecular formula is C17H27N3O2. The van der Waals surface area contributed by atoms with Crippen molar-refractivity contribution in [1.82, 2.24) is 14.9 Å². The number of nitrogens with zero attached hydrogens (tertiary/aromatic N) is 2. The van der Waals surface area contributed by atoms with Crippen LogP contribution in [0.2, 0.25) is 0 Å². The molecule has 5 nitrogen and oxygen atoms in total. The summed E-state index contributed by atoms with van der Waals surface area (Å²) in [6, 6.07) is 0. The van der Waals surface area contributed by atoms with Crippen LogP contribution in [0.25, 0.3) is 0 Å². The summed E-state index contributed by atoms with van der Waals surface area (Å²) in [4.78, 5) is 17.2. The molecule has 0 saturated heterocycles. The number of imidazole rings is 1. The Hall–Kier alpha value is -1.36. The van der Waals surface area contributed by atoms with Gasteiger partial charge in [-0.2, -0.15) is 0 Å². The third-order valence-corrected chi connectivity index (χ3v) is 5.19. The molecule has 2 aliphatic rings. The van der Waals surface area contributed by atoms with Crippen LogP contribution in [-0.4, -0.2) is 22.1 Å². The Balaban J connectivity index is 1.62. The van der Waals surface area contributed by atoms with Crippen molar-refractivity contribution in [2.24, 2.45) is 5.41 Å². The van der Waals surface area contributed by atoms with Crippen LogP contribution in [0.1, 0.15) is 63.4 Å². The van der Waals surface area contributed by atoms with Crippen LogP contribution in [0.3, 0.4) is 0 Å². The topological polar surface area (TPSA) is 56.2 Å². The molecule has 1 aliphatic carbocycles. The Labute approximate surface area is 132 Å². The third-order valence-electron chi connectivity index (χ3n) is 5.19. The minimum atomic E-state index is -0.107. The second kappa shape index (κ2) is 6.82. The van der Waals surface area contributed by atoms with E-state index in [1.807, 2.05) is 6.20 Å². The Morgan fingerprint density at radius 3 is 3.05 bits per heavy atom. The summed E-state index contributed by atoms with van der Waals surface area (Å²) in [6.07, 6.45) is 9.70. The number of carbonyl (C=O) groups is 1. The highest BCUT2D eigenvalue weighted by atomic mass is 16.5. The molecule has 0 atom stereocenters. The van der Waals surface area contributed by atoms with E-state index in [4.69, 9.17) is 4.74 Å². The van der Waals surface area contributed by atoms with Crippen molar-refractivity contribution < 1.29 is 9.53 Å². The monoisotopic (exact) mass is 305 g/mol. The second-order valence-corrected chi connectivity index (χ2v) is 6.64. The number of hydrogen-bond donors (Lipinski definition) is 1. The first-order valence-corrected chi connectivity index (χ1v) is 8.64. The Bertz CT molecular complexity index is 518. The van der Waals surface area contributed by atoms with E-state index < -0.39 is 0 Å². The van der Waals surface area contributed by atoms with E-state index in [0.717, 1.165) is 56.8 Å². The predicted molar refractivity (Wildman–Crippen MR) is 84.2 cm³/mol. The maximum absolute atomic E-state index is 12.8.